The predicted octanol–water partition coefficient (Wildman–Crippen LogP) is 3.82. The van der Waals surface area contributed by atoms with Crippen LogP contribution in [-0.4, -0.2) is 69.1 Å². The summed E-state index contributed by atoms with van der Waals surface area (Å²) in [6.07, 6.45) is -1.49. The van der Waals surface area contributed by atoms with Crippen LogP contribution in [0.2, 0.25) is 0 Å². The molecule has 3 atom stereocenters. The summed E-state index contributed by atoms with van der Waals surface area (Å²) in [7, 11) is 0. The Kier molecular flexibility index (Phi) is 12.7. The number of nitrogens with two attached hydrogens (primary N) is 1. The van der Waals surface area contributed by atoms with Crippen molar-refractivity contribution in [3.05, 3.63) is 65.2 Å². The van der Waals surface area contributed by atoms with Crippen molar-refractivity contribution in [2.45, 2.75) is 111 Å². The first-order valence-corrected chi connectivity index (χ1v) is 15.2. The van der Waals surface area contributed by atoms with Gasteiger partial charge in [0.2, 0.25) is 17.7 Å². The van der Waals surface area contributed by atoms with Crippen molar-refractivity contribution in [2.75, 3.05) is 0 Å². The van der Waals surface area contributed by atoms with E-state index in [1.165, 1.54) is 6.07 Å². The maximum atomic E-state index is 14.4. The first kappa shape index (κ1) is 37.6. The number of phenols is 1. The van der Waals surface area contributed by atoms with Gasteiger partial charge in [-0.1, -0.05) is 48.5 Å². The minimum Gasteiger partial charge on any atom is -0.507 e. The van der Waals surface area contributed by atoms with E-state index in [1.54, 1.807) is 98.7 Å². The minimum atomic E-state index is -1.51. The van der Waals surface area contributed by atoms with Gasteiger partial charge in [-0.15, -0.1) is 0 Å². The Morgan fingerprint density at radius 2 is 1.43 bits per heavy atom. The average Bonchev–Trinajstić information content (AvgIpc) is 2.90. The quantitative estimate of drug-likeness (QED) is 0.253. The number of amides is 4. The summed E-state index contributed by atoms with van der Waals surface area (Å²) in [4.78, 5) is 67.9. The summed E-state index contributed by atoms with van der Waals surface area (Å²) in [6.45, 7) is 14.9. The smallest absolute Gasteiger partial charge is 0.408 e. The zero-order valence-electron chi connectivity index (χ0n) is 28.2. The van der Waals surface area contributed by atoms with Crippen LogP contribution in [-0.2, 0) is 35.1 Å². The number of primary amides is 1. The molecule has 0 radical (unpaired) electrons. The SMILES string of the molecule is Cc1cccc(C(C(=O)NC(Cc2ccccc2)C(=O)OC(C)(C)C)N(C(=O)C(CC(N)=O)NC(=O)OC(C)(C)C)C(C)C)c1O. The standard InChI is InChI=1S/C34H48N4O8/c1-20(2)38(30(42)24(19-26(35)39)37-32(44)46-34(7,8)9)27(23-17-13-14-21(3)28(23)40)29(41)36-25(31(43)45-33(4,5)6)18-22-15-11-10-12-16-22/h10-17,20,24-25,27,40H,18-19H2,1-9H3,(H2,35,39)(H,36,41)(H,37,44). The second kappa shape index (κ2) is 15.6. The molecule has 0 aliphatic carbocycles. The number of nitrogens with one attached hydrogen (secondary N) is 2. The first-order valence-electron chi connectivity index (χ1n) is 15.2. The topological polar surface area (TPSA) is 177 Å². The number of ether oxygens (including phenoxy) is 2. The van der Waals surface area contributed by atoms with Gasteiger partial charge < -0.3 is 35.8 Å². The molecule has 0 aliphatic rings. The zero-order valence-corrected chi connectivity index (χ0v) is 28.2. The number of aryl methyl sites for hydroxylation is 1. The number of aromatic hydroxyl groups is 1. The van der Waals surface area contributed by atoms with Crippen LogP contribution >= 0.6 is 0 Å². The number of phenolic OH excluding ortho intramolecular Hbond substituents is 1. The summed E-state index contributed by atoms with van der Waals surface area (Å²) in [5, 5.41) is 16.3. The number of carbonyl (C=O) groups is 5. The summed E-state index contributed by atoms with van der Waals surface area (Å²) < 4.78 is 10.9. The zero-order chi connectivity index (χ0) is 35.0. The van der Waals surface area contributed by atoms with Crippen LogP contribution in [0.25, 0.3) is 0 Å². The monoisotopic (exact) mass is 640 g/mol. The van der Waals surface area contributed by atoms with Gasteiger partial charge in [-0.05, 0) is 73.4 Å². The van der Waals surface area contributed by atoms with E-state index in [4.69, 9.17) is 15.2 Å². The van der Waals surface area contributed by atoms with Crippen LogP contribution in [0.1, 0.15) is 84.5 Å². The van der Waals surface area contributed by atoms with Crippen molar-refractivity contribution in [3.8, 4) is 5.75 Å². The number of hydrogen-bond acceptors (Lipinski definition) is 8. The second-order valence-corrected chi connectivity index (χ2v) is 13.4. The maximum absolute atomic E-state index is 14.4. The molecule has 0 saturated carbocycles. The summed E-state index contributed by atoms with van der Waals surface area (Å²) in [5.41, 5.74) is 4.92. The average molecular weight is 641 g/mol. The fourth-order valence-corrected chi connectivity index (χ4v) is 4.70. The van der Waals surface area contributed by atoms with Crippen molar-refractivity contribution in [1.82, 2.24) is 15.5 Å². The first-order chi connectivity index (χ1) is 21.2. The van der Waals surface area contributed by atoms with E-state index in [9.17, 15) is 29.1 Å². The fraction of sp³-hybridized carbons (Fsp3) is 0.500. The molecule has 0 bridgehead atoms. The van der Waals surface area contributed by atoms with Crippen LogP contribution in [0.4, 0.5) is 4.79 Å². The molecule has 252 valence electrons. The molecule has 12 nitrogen and oxygen atoms in total. The Balaban J connectivity index is 2.66. The molecule has 0 saturated heterocycles. The molecule has 0 heterocycles. The van der Waals surface area contributed by atoms with E-state index in [2.05, 4.69) is 10.6 Å². The van der Waals surface area contributed by atoms with Crippen LogP contribution in [0.15, 0.2) is 48.5 Å². The largest absolute Gasteiger partial charge is 0.507 e. The number of carbonyl (C=O) groups excluding carboxylic acids is 5. The molecule has 0 aromatic heterocycles. The number of benzene rings is 2. The van der Waals surface area contributed by atoms with Crippen molar-refractivity contribution in [2.24, 2.45) is 5.73 Å². The number of nitrogens with zero attached hydrogens (tertiary/aromatic N) is 1. The van der Waals surface area contributed by atoms with Gasteiger partial charge >= 0.3 is 12.1 Å². The van der Waals surface area contributed by atoms with Crippen LogP contribution in [0.3, 0.4) is 0 Å². The van der Waals surface area contributed by atoms with Crippen molar-refractivity contribution >= 4 is 29.8 Å². The third-order valence-corrected chi connectivity index (χ3v) is 6.59. The number of hydrogen-bond donors (Lipinski definition) is 4. The third-order valence-electron chi connectivity index (χ3n) is 6.59. The molecule has 3 unspecified atom stereocenters. The maximum Gasteiger partial charge on any atom is 0.408 e. The van der Waals surface area contributed by atoms with Crippen LogP contribution < -0.4 is 16.4 Å². The number of para-hydroxylation sites is 1. The number of alkyl carbamates (subject to hydrolysis) is 1. The lowest BCUT2D eigenvalue weighted by atomic mass is 9.96. The van der Waals surface area contributed by atoms with Gasteiger partial charge in [0.05, 0.1) is 6.42 Å². The van der Waals surface area contributed by atoms with Gasteiger partial charge in [0.1, 0.15) is 35.1 Å². The van der Waals surface area contributed by atoms with E-state index in [-0.39, 0.29) is 17.7 Å². The van der Waals surface area contributed by atoms with Gasteiger partial charge in [0, 0.05) is 18.0 Å². The second-order valence-electron chi connectivity index (χ2n) is 13.4. The summed E-state index contributed by atoms with van der Waals surface area (Å²) in [5.74, 6) is -3.46. The molecule has 2 rings (SSSR count). The highest BCUT2D eigenvalue weighted by atomic mass is 16.6. The highest BCUT2D eigenvalue weighted by Crippen LogP contribution is 2.34. The van der Waals surface area contributed by atoms with Gasteiger partial charge in [0.25, 0.3) is 0 Å². The molecule has 46 heavy (non-hydrogen) atoms. The van der Waals surface area contributed by atoms with Gasteiger partial charge in [-0.3, -0.25) is 14.4 Å². The Hall–Kier alpha value is -4.61. The molecule has 4 amide bonds. The van der Waals surface area contributed by atoms with E-state index in [0.717, 1.165) is 10.5 Å². The molecular formula is C34H48N4O8. The highest BCUT2D eigenvalue weighted by Gasteiger charge is 2.41. The van der Waals surface area contributed by atoms with E-state index >= 15 is 0 Å². The Labute approximate surface area is 271 Å². The Bertz CT molecular complexity index is 1400. The number of esters is 1. The molecule has 5 N–H and O–H groups in total. The molecule has 0 aliphatic heterocycles. The van der Waals surface area contributed by atoms with Gasteiger partial charge in [-0.25, -0.2) is 9.59 Å². The minimum absolute atomic E-state index is 0.0669. The fourth-order valence-electron chi connectivity index (χ4n) is 4.70. The predicted molar refractivity (Wildman–Crippen MR) is 172 cm³/mol. The van der Waals surface area contributed by atoms with Crippen molar-refractivity contribution < 1.29 is 38.6 Å². The molecule has 2 aromatic rings. The number of rotatable bonds is 12. The molecular weight excluding hydrogens is 592 g/mol. The van der Waals surface area contributed by atoms with E-state index in [1.807, 2.05) is 6.07 Å². The molecule has 0 fully saturated rings. The lowest BCUT2D eigenvalue weighted by Crippen LogP contribution is -2.57. The van der Waals surface area contributed by atoms with Crippen LogP contribution in [0, 0.1) is 6.92 Å². The van der Waals surface area contributed by atoms with Crippen molar-refractivity contribution in [1.29, 1.82) is 0 Å². The molecule has 0 spiro atoms. The van der Waals surface area contributed by atoms with Gasteiger partial charge in [-0.2, -0.15) is 0 Å². The van der Waals surface area contributed by atoms with E-state index in [0.29, 0.717) is 5.56 Å². The molecule has 12 heteroatoms. The normalized spacial score (nSPS) is 13.6. The summed E-state index contributed by atoms with van der Waals surface area (Å²) in [6, 6.07) is 8.84. The van der Waals surface area contributed by atoms with Crippen LogP contribution in [0.5, 0.6) is 5.75 Å². The lowest BCUT2D eigenvalue weighted by molar-refractivity contribution is -0.159. The summed E-state index contributed by atoms with van der Waals surface area (Å²) >= 11 is 0. The molecule has 2 aromatic carbocycles. The third kappa shape index (κ3) is 11.4. The lowest BCUT2D eigenvalue weighted by Gasteiger charge is -2.38. The van der Waals surface area contributed by atoms with Gasteiger partial charge in [0.15, 0.2) is 0 Å². The van der Waals surface area contributed by atoms with E-state index < -0.39 is 71.6 Å². The highest BCUT2D eigenvalue weighted by molar-refractivity contribution is 5.96. The Morgan fingerprint density at radius 1 is 0.848 bits per heavy atom. The van der Waals surface area contributed by atoms with Crippen molar-refractivity contribution in [3.63, 3.8) is 0 Å². The Morgan fingerprint density at radius 3 is 1.96 bits per heavy atom.